The van der Waals surface area contributed by atoms with Crippen molar-refractivity contribution < 1.29 is 4.39 Å². The molecule has 1 unspecified atom stereocenters. The van der Waals surface area contributed by atoms with Crippen molar-refractivity contribution in [1.82, 2.24) is 0 Å². The van der Waals surface area contributed by atoms with Gasteiger partial charge >= 0.3 is 0 Å². The maximum atomic E-state index is 13.5. The number of halogens is 2. The van der Waals surface area contributed by atoms with Crippen molar-refractivity contribution in [3.8, 4) is 0 Å². The van der Waals surface area contributed by atoms with Gasteiger partial charge in [-0.3, -0.25) is 0 Å². The predicted molar refractivity (Wildman–Crippen MR) is 67.0 cm³/mol. The molecule has 0 heterocycles. The van der Waals surface area contributed by atoms with E-state index in [0.717, 1.165) is 12.8 Å². The molecule has 0 aliphatic carbocycles. The van der Waals surface area contributed by atoms with Crippen LogP contribution < -0.4 is 5.73 Å². The molecule has 3 heteroatoms. The molecule has 0 aliphatic heterocycles. The Labute approximate surface area is 102 Å². The lowest BCUT2D eigenvalue weighted by molar-refractivity contribution is 0.347. The molecule has 0 saturated heterocycles. The molecule has 1 aromatic carbocycles. The maximum absolute atomic E-state index is 13.5. The van der Waals surface area contributed by atoms with Gasteiger partial charge in [0, 0.05) is 16.6 Å². The Hall–Kier alpha value is -0.600. The number of hydrogen-bond acceptors (Lipinski definition) is 1. The fourth-order valence-corrected chi connectivity index (χ4v) is 1.72. The van der Waals surface area contributed by atoms with E-state index in [0.29, 0.717) is 10.6 Å². The van der Waals surface area contributed by atoms with Gasteiger partial charge in [-0.2, -0.15) is 0 Å². The Kier molecular flexibility index (Phi) is 4.34. The van der Waals surface area contributed by atoms with Crippen LogP contribution in [0.4, 0.5) is 4.39 Å². The van der Waals surface area contributed by atoms with Crippen LogP contribution in [-0.2, 0) is 0 Å². The van der Waals surface area contributed by atoms with Crippen molar-refractivity contribution in [2.24, 2.45) is 11.1 Å². The molecule has 0 amide bonds. The van der Waals surface area contributed by atoms with Crippen molar-refractivity contribution in [3.05, 3.63) is 34.6 Å². The molecule has 0 bridgehead atoms. The molecule has 1 nitrogen and oxygen atoms in total. The molecule has 1 atom stereocenters. The van der Waals surface area contributed by atoms with E-state index in [-0.39, 0.29) is 17.3 Å². The quantitative estimate of drug-likeness (QED) is 0.841. The monoisotopic (exact) mass is 243 g/mol. The van der Waals surface area contributed by atoms with Gasteiger partial charge in [0.25, 0.3) is 0 Å². The summed E-state index contributed by atoms with van der Waals surface area (Å²) in [7, 11) is 0. The van der Waals surface area contributed by atoms with Gasteiger partial charge in [-0.25, -0.2) is 4.39 Å². The largest absolute Gasteiger partial charge is 0.324 e. The van der Waals surface area contributed by atoms with E-state index < -0.39 is 0 Å². The van der Waals surface area contributed by atoms with E-state index >= 15 is 0 Å². The number of benzene rings is 1. The summed E-state index contributed by atoms with van der Waals surface area (Å²) in [6.45, 7) is 6.44. The van der Waals surface area contributed by atoms with Crippen LogP contribution in [0.5, 0.6) is 0 Å². The summed E-state index contributed by atoms with van der Waals surface area (Å²) < 4.78 is 13.5. The van der Waals surface area contributed by atoms with Crippen molar-refractivity contribution in [2.45, 2.75) is 39.7 Å². The highest BCUT2D eigenvalue weighted by Crippen LogP contribution is 2.28. The standard InChI is InChI=1S/C13H19ClFN/c1-13(2,3)7-6-12(16)10-8-9(14)4-5-11(10)15/h4-5,8,12H,6-7,16H2,1-3H3. The lowest BCUT2D eigenvalue weighted by atomic mass is 9.87. The molecule has 2 N–H and O–H groups in total. The first-order valence-corrected chi connectivity index (χ1v) is 5.88. The highest BCUT2D eigenvalue weighted by atomic mass is 35.5. The molecule has 90 valence electrons. The second-order valence-electron chi connectivity index (χ2n) is 5.37. The average Bonchev–Trinajstić information content (AvgIpc) is 2.17. The van der Waals surface area contributed by atoms with Crippen molar-refractivity contribution in [1.29, 1.82) is 0 Å². The summed E-state index contributed by atoms with van der Waals surface area (Å²) in [5.41, 5.74) is 6.70. The molecular formula is C13H19ClFN. The smallest absolute Gasteiger partial charge is 0.128 e. The molecule has 1 aromatic rings. The molecule has 0 fully saturated rings. The summed E-state index contributed by atoms with van der Waals surface area (Å²) in [6.07, 6.45) is 1.72. The van der Waals surface area contributed by atoms with E-state index in [1.807, 2.05) is 0 Å². The molecule has 0 radical (unpaired) electrons. The minimum Gasteiger partial charge on any atom is -0.324 e. The third-order valence-electron chi connectivity index (χ3n) is 2.56. The van der Waals surface area contributed by atoms with Crippen molar-refractivity contribution >= 4 is 11.6 Å². The van der Waals surface area contributed by atoms with Crippen LogP contribution in [-0.4, -0.2) is 0 Å². The molecular weight excluding hydrogens is 225 g/mol. The SMILES string of the molecule is CC(C)(C)CCC(N)c1cc(Cl)ccc1F. The third-order valence-corrected chi connectivity index (χ3v) is 2.80. The van der Waals surface area contributed by atoms with Gasteiger partial charge in [0.2, 0.25) is 0 Å². The van der Waals surface area contributed by atoms with Crippen LogP contribution >= 0.6 is 11.6 Å². The van der Waals surface area contributed by atoms with Crippen LogP contribution in [0.15, 0.2) is 18.2 Å². The van der Waals surface area contributed by atoms with Gasteiger partial charge in [0.05, 0.1) is 0 Å². The van der Waals surface area contributed by atoms with Crippen LogP contribution in [0.2, 0.25) is 5.02 Å². The first-order chi connectivity index (χ1) is 7.29. The van der Waals surface area contributed by atoms with Gasteiger partial charge in [-0.1, -0.05) is 32.4 Å². The Morgan fingerprint density at radius 1 is 1.38 bits per heavy atom. The van der Waals surface area contributed by atoms with E-state index in [2.05, 4.69) is 20.8 Å². The normalized spacial score (nSPS) is 13.9. The molecule has 16 heavy (non-hydrogen) atoms. The van der Waals surface area contributed by atoms with Gasteiger partial charge in [-0.15, -0.1) is 0 Å². The zero-order chi connectivity index (χ0) is 12.3. The van der Waals surface area contributed by atoms with Crippen LogP contribution in [0.1, 0.15) is 45.2 Å². The maximum Gasteiger partial charge on any atom is 0.128 e. The summed E-state index contributed by atoms with van der Waals surface area (Å²) in [5.74, 6) is -0.272. The second kappa shape index (κ2) is 5.15. The van der Waals surface area contributed by atoms with Crippen LogP contribution in [0.3, 0.4) is 0 Å². The number of rotatable bonds is 3. The fourth-order valence-electron chi connectivity index (χ4n) is 1.54. The molecule has 0 spiro atoms. The van der Waals surface area contributed by atoms with E-state index in [1.165, 1.54) is 12.1 Å². The minimum absolute atomic E-state index is 0.215. The van der Waals surface area contributed by atoms with Crippen molar-refractivity contribution in [3.63, 3.8) is 0 Å². The highest BCUT2D eigenvalue weighted by Gasteiger charge is 2.16. The highest BCUT2D eigenvalue weighted by molar-refractivity contribution is 6.30. The van der Waals surface area contributed by atoms with Gasteiger partial charge in [0.1, 0.15) is 5.82 Å². The Balaban J connectivity index is 2.73. The fraction of sp³-hybridized carbons (Fsp3) is 0.538. The number of nitrogens with two attached hydrogens (primary N) is 1. The lowest BCUT2D eigenvalue weighted by Crippen LogP contribution is -2.16. The molecule has 0 saturated carbocycles. The second-order valence-corrected chi connectivity index (χ2v) is 5.81. The summed E-state index contributed by atoms with van der Waals surface area (Å²) >= 11 is 5.83. The minimum atomic E-state index is -0.280. The van der Waals surface area contributed by atoms with E-state index in [4.69, 9.17) is 17.3 Å². The topological polar surface area (TPSA) is 26.0 Å². The molecule has 0 aliphatic rings. The van der Waals surface area contributed by atoms with Gasteiger partial charge in [0.15, 0.2) is 0 Å². The van der Waals surface area contributed by atoms with Gasteiger partial charge < -0.3 is 5.73 Å². The molecule has 1 rings (SSSR count). The predicted octanol–water partition coefficient (Wildman–Crippen LogP) is 4.31. The Bertz CT molecular complexity index is 357. The summed E-state index contributed by atoms with van der Waals surface area (Å²) in [4.78, 5) is 0. The Morgan fingerprint density at radius 3 is 2.56 bits per heavy atom. The zero-order valence-corrected chi connectivity index (χ0v) is 10.8. The lowest BCUT2D eigenvalue weighted by Gasteiger charge is -2.21. The van der Waals surface area contributed by atoms with E-state index in [1.54, 1.807) is 6.07 Å². The first-order valence-electron chi connectivity index (χ1n) is 5.50. The zero-order valence-electron chi connectivity index (χ0n) is 10.1. The number of hydrogen-bond donors (Lipinski definition) is 1. The van der Waals surface area contributed by atoms with Gasteiger partial charge in [-0.05, 0) is 36.5 Å². The van der Waals surface area contributed by atoms with E-state index in [9.17, 15) is 4.39 Å². The summed E-state index contributed by atoms with van der Waals surface area (Å²) in [6, 6.07) is 4.24. The Morgan fingerprint density at radius 2 is 2.00 bits per heavy atom. The third kappa shape index (κ3) is 4.11. The summed E-state index contributed by atoms with van der Waals surface area (Å²) in [5, 5.41) is 0.530. The first kappa shape index (κ1) is 13.5. The van der Waals surface area contributed by atoms with Crippen LogP contribution in [0, 0.1) is 11.2 Å². The molecule has 0 aromatic heterocycles. The van der Waals surface area contributed by atoms with Crippen LogP contribution in [0.25, 0.3) is 0 Å². The van der Waals surface area contributed by atoms with Crippen molar-refractivity contribution in [2.75, 3.05) is 0 Å². The average molecular weight is 244 g/mol.